The highest BCUT2D eigenvalue weighted by Crippen LogP contribution is 2.47. The van der Waals surface area contributed by atoms with Crippen molar-refractivity contribution in [3.63, 3.8) is 0 Å². The Morgan fingerprint density at radius 3 is 1.20 bits per heavy atom. The molecule has 17 rings (SSSR count). The van der Waals surface area contributed by atoms with E-state index < -0.39 is 0 Å². The van der Waals surface area contributed by atoms with Gasteiger partial charge in [0.25, 0.3) is 6.71 Å². The van der Waals surface area contributed by atoms with E-state index in [4.69, 9.17) is 8.83 Å². The Labute approximate surface area is 369 Å². The largest absolute Gasteiger partial charge is 0.456 e. The van der Waals surface area contributed by atoms with Gasteiger partial charge in [-0.05, 0) is 92.9 Å². The first kappa shape index (κ1) is 33.0. The molecule has 0 unspecified atom stereocenters. The summed E-state index contributed by atoms with van der Waals surface area (Å²) < 4.78 is 23.6. The van der Waals surface area contributed by atoms with Crippen LogP contribution in [0.15, 0.2) is 197 Å². The standard InChI is InChI=1S/C58H31BN4O2/c1-3-15-32(16-4-1)36-27-37(33-17-5-2-6-18-33)56-54-55(36)62-44-23-11-9-21-42(44)60-46-30-50-38(34-19-7-13-25-48(34)64-50)28-40(46)52(57(60)62)59(54)53-41-29-39-35-20-8-14-26-49(35)65-51(39)31-47(41)61-43-22-10-12-24-45(43)63(56)58(53)61/h1-31H. The van der Waals surface area contributed by atoms with Crippen LogP contribution in [-0.4, -0.2) is 24.6 Å². The summed E-state index contributed by atoms with van der Waals surface area (Å²) in [7, 11) is 0. The molecule has 8 heterocycles. The van der Waals surface area contributed by atoms with E-state index in [1.807, 2.05) is 0 Å². The molecule has 0 bridgehead atoms. The van der Waals surface area contributed by atoms with E-state index in [0.717, 1.165) is 65.9 Å². The summed E-state index contributed by atoms with van der Waals surface area (Å²) in [6.07, 6.45) is 0. The summed E-state index contributed by atoms with van der Waals surface area (Å²) in [5.41, 5.74) is 24.1. The minimum absolute atomic E-state index is 0.161. The molecule has 298 valence electrons. The number of benzene rings is 9. The van der Waals surface area contributed by atoms with Crippen LogP contribution in [0.2, 0.25) is 0 Å². The Balaban J connectivity index is 1.18. The maximum Gasteiger partial charge on any atom is 0.258 e. The molecule has 0 aliphatic carbocycles. The Bertz CT molecular complexity index is 4360. The zero-order chi connectivity index (χ0) is 41.8. The van der Waals surface area contributed by atoms with Crippen molar-refractivity contribution in [2.75, 3.05) is 0 Å². The molecule has 9 aromatic carbocycles. The fourth-order valence-corrected chi connectivity index (χ4v) is 12.4. The second kappa shape index (κ2) is 11.3. The summed E-state index contributed by atoms with van der Waals surface area (Å²) in [5.74, 6) is 0. The lowest BCUT2D eigenvalue weighted by atomic mass is 9.34. The van der Waals surface area contributed by atoms with E-state index in [9.17, 15) is 0 Å². The molecular weight excluding hydrogens is 795 g/mol. The zero-order valence-electron chi connectivity index (χ0n) is 34.6. The molecule has 2 aliphatic heterocycles. The lowest BCUT2D eigenvalue weighted by Gasteiger charge is -2.34. The molecule has 0 saturated carbocycles. The van der Waals surface area contributed by atoms with Crippen LogP contribution in [0.3, 0.4) is 0 Å². The van der Waals surface area contributed by atoms with Gasteiger partial charge < -0.3 is 8.83 Å². The Kier molecular flexibility index (Phi) is 5.72. The quantitative estimate of drug-likeness (QED) is 0.163. The molecule has 65 heavy (non-hydrogen) atoms. The molecule has 0 spiro atoms. The van der Waals surface area contributed by atoms with E-state index in [2.05, 4.69) is 206 Å². The first-order valence-corrected chi connectivity index (χ1v) is 22.4. The van der Waals surface area contributed by atoms with Crippen molar-refractivity contribution in [2.45, 2.75) is 0 Å². The molecule has 0 fully saturated rings. The second-order valence-electron chi connectivity index (χ2n) is 18.0. The number of rotatable bonds is 2. The predicted octanol–water partition coefficient (Wildman–Crippen LogP) is 12.7. The Morgan fingerprint density at radius 1 is 0.308 bits per heavy atom. The third kappa shape index (κ3) is 3.81. The van der Waals surface area contributed by atoms with Crippen molar-refractivity contribution < 1.29 is 8.83 Å². The van der Waals surface area contributed by atoms with E-state index in [1.165, 1.54) is 83.1 Å². The zero-order valence-corrected chi connectivity index (χ0v) is 34.6. The van der Waals surface area contributed by atoms with Gasteiger partial charge in [-0.15, -0.1) is 0 Å². The fourth-order valence-electron chi connectivity index (χ4n) is 12.4. The molecular formula is C58H31BN4O2. The molecule has 7 heteroatoms. The van der Waals surface area contributed by atoms with Gasteiger partial charge in [-0.2, -0.15) is 0 Å². The predicted molar refractivity (Wildman–Crippen MR) is 267 cm³/mol. The molecule has 6 nitrogen and oxygen atoms in total. The number of imidazole rings is 2. The highest BCUT2D eigenvalue weighted by Gasteiger charge is 2.47. The minimum Gasteiger partial charge on any atom is -0.456 e. The van der Waals surface area contributed by atoms with Gasteiger partial charge in [-0.1, -0.05) is 121 Å². The van der Waals surface area contributed by atoms with Gasteiger partial charge in [0.2, 0.25) is 0 Å². The number of furan rings is 2. The van der Waals surface area contributed by atoms with Crippen LogP contribution in [0.4, 0.5) is 0 Å². The summed E-state index contributed by atoms with van der Waals surface area (Å²) in [5, 5.41) is 6.99. The topological polar surface area (TPSA) is 45.0 Å². The molecule has 0 N–H and O–H groups in total. The van der Waals surface area contributed by atoms with Gasteiger partial charge in [0, 0.05) is 44.8 Å². The number of nitrogens with zero attached hydrogens (tertiary/aromatic N) is 4. The number of fused-ring (bicyclic) bond motifs is 22. The van der Waals surface area contributed by atoms with Crippen molar-refractivity contribution in [2.24, 2.45) is 0 Å². The molecule has 0 saturated heterocycles. The monoisotopic (exact) mass is 826 g/mol. The van der Waals surface area contributed by atoms with Crippen LogP contribution < -0.4 is 16.4 Å². The SMILES string of the molecule is c1ccc(-c2cc(-c3ccccc3)c3c4c2-n2c5ccccc5n5c6cc7oc8ccccc8c7cc6c(c25)B4c2c4cc5c(cc4n4c6ccccc6n-3c24)oc2ccccc25)cc1. The second-order valence-corrected chi connectivity index (χ2v) is 18.0. The van der Waals surface area contributed by atoms with E-state index in [0.29, 0.717) is 0 Å². The Hall–Kier alpha value is -8.68. The van der Waals surface area contributed by atoms with Crippen LogP contribution in [0.25, 0.3) is 133 Å². The van der Waals surface area contributed by atoms with Crippen LogP contribution in [0.1, 0.15) is 0 Å². The first-order valence-electron chi connectivity index (χ1n) is 22.4. The maximum atomic E-state index is 6.68. The van der Waals surface area contributed by atoms with E-state index >= 15 is 0 Å². The van der Waals surface area contributed by atoms with Gasteiger partial charge in [0.05, 0.1) is 44.5 Å². The van der Waals surface area contributed by atoms with Gasteiger partial charge in [-0.25, -0.2) is 0 Å². The van der Waals surface area contributed by atoms with Crippen LogP contribution in [0.5, 0.6) is 0 Å². The summed E-state index contributed by atoms with van der Waals surface area (Å²) in [4.78, 5) is 0. The average Bonchev–Trinajstić information content (AvgIpc) is 4.20. The number of hydrogen-bond donors (Lipinski definition) is 0. The first-order chi connectivity index (χ1) is 32.3. The van der Waals surface area contributed by atoms with Gasteiger partial charge in [-0.3, -0.25) is 17.9 Å². The van der Waals surface area contributed by atoms with Crippen molar-refractivity contribution in [1.29, 1.82) is 0 Å². The van der Waals surface area contributed by atoms with Crippen molar-refractivity contribution in [3.8, 4) is 33.6 Å². The van der Waals surface area contributed by atoms with Crippen LogP contribution >= 0.6 is 0 Å². The molecule has 6 aromatic heterocycles. The van der Waals surface area contributed by atoms with Gasteiger partial charge in [0.1, 0.15) is 33.6 Å². The minimum atomic E-state index is -0.161. The highest BCUT2D eigenvalue weighted by atomic mass is 16.3. The van der Waals surface area contributed by atoms with Crippen LogP contribution in [0, 0.1) is 0 Å². The number of hydrogen-bond acceptors (Lipinski definition) is 2. The Morgan fingerprint density at radius 2 is 0.723 bits per heavy atom. The lowest BCUT2D eigenvalue weighted by molar-refractivity contribution is 0.669. The normalized spacial score (nSPS) is 13.2. The molecule has 0 amide bonds. The molecule has 0 radical (unpaired) electrons. The summed E-state index contributed by atoms with van der Waals surface area (Å²) >= 11 is 0. The molecule has 15 aromatic rings. The number of para-hydroxylation sites is 6. The average molecular weight is 827 g/mol. The third-order valence-electron chi connectivity index (χ3n) is 14.9. The van der Waals surface area contributed by atoms with Crippen molar-refractivity contribution in [1.82, 2.24) is 17.9 Å². The fraction of sp³-hybridized carbons (Fsp3) is 0. The third-order valence-corrected chi connectivity index (χ3v) is 14.9. The molecule has 2 aliphatic rings. The molecule has 0 atom stereocenters. The lowest BCUT2D eigenvalue weighted by Crippen LogP contribution is -2.59. The highest BCUT2D eigenvalue weighted by molar-refractivity contribution is 7.02. The van der Waals surface area contributed by atoms with Gasteiger partial charge in [0.15, 0.2) is 0 Å². The maximum absolute atomic E-state index is 6.68. The summed E-state index contributed by atoms with van der Waals surface area (Å²) in [6.45, 7) is -0.161. The van der Waals surface area contributed by atoms with E-state index in [-0.39, 0.29) is 6.71 Å². The smallest absolute Gasteiger partial charge is 0.258 e. The van der Waals surface area contributed by atoms with Gasteiger partial charge >= 0.3 is 0 Å². The van der Waals surface area contributed by atoms with E-state index in [1.54, 1.807) is 0 Å². The van der Waals surface area contributed by atoms with Crippen molar-refractivity contribution >= 4 is 122 Å². The van der Waals surface area contributed by atoms with Crippen LogP contribution in [-0.2, 0) is 0 Å². The summed E-state index contributed by atoms with van der Waals surface area (Å²) in [6, 6.07) is 68.8. The number of aromatic nitrogens is 4. The van der Waals surface area contributed by atoms with Crippen molar-refractivity contribution in [3.05, 3.63) is 188 Å².